The van der Waals surface area contributed by atoms with Crippen LogP contribution in [0.5, 0.6) is 0 Å². The second-order valence-electron chi connectivity index (χ2n) is 3.25. The maximum absolute atomic E-state index is 10.7. The number of nitrogens with zero attached hydrogens (tertiary/aromatic N) is 2. The van der Waals surface area contributed by atoms with Crippen molar-refractivity contribution >= 4 is 35.7 Å². The Hall–Kier alpha value is -1.21. The molecule has 0 saturated heterocycles. The molecule has 1 atom stereocenters. The number of carbonyl (C=O) groups is 2. The molecule has 0 saturated carbocycles. The summed E-state index contributed by atoms with van der Waals surface area (Å²) in [6.45, 7) is 0. The quantitative estimate of drug-likeness (QED) is 0.709. The van der Waals surface area contributed by atoms with E-state index in [0.29, 0.717) is 17.3 Å². The zero-order valence-electron chi connectivity index (χ0n) is 9.09. The van der Waals surface area contributed by atoms with Crippen molar-refractivity contribution in [1.29, 1.82) is 0 Å². The first-order valence-corrected chi connectivity index (χ1v) is 6.26. The van der Waals surface area contributed by atoms with Gasteiger partial charge in [-0.3, -0.25) is 4.79 Å². The van der Waals surface area contributed by atoms with E-state index < -0.39 is 12.0 Å². The number of carboxylic acid groups (broad SMARTS) is 1. The third-order valence-corrected chi connectivity index (χ3v) is 3.49. The molecule has 0 fully saturated rings. The van der Waals surface area contributed by atoms with Crippen molar-refractivity contribution in [2.75, 3.05) is 5.75 Å². The van der Waals surface area contributed by atoms with Crippen molar-refractivity contribution in [1.82, 2.24) is 14.9 Å². The van der Waals surface area contributed by atoms with Gasteiger partial charge < -0.3 is 15.0 Å². The molecular formula is C9H12ClN3O3S. The summed E-state index contributed by atoms with van der Waals surface area (Å²) in [6, 6.07) is -0.881. The van der Waals surface area contributed by atoms with Gasteiger partial charge in [0.25, 0.3) is 0 Å². The van der Waals surface area contributed by atoms with Gasteiger partial charge in [-0.05, 0) is 0 Å². The van der Waals surface area contributed by atoms with Gasteiger partial charge in [0, 0.05) is 12.8 Å². The van der Waals surface area contributed by atoms with Gasteiger partial charge in [-0.2, -0.15) is 11.8 Å². The minimum Gasteiger partial charge on any atom is -0.480 e. The fourth-order valence-electron chi connectivity index (χ4n) is 1.10. The van der Waals surface area contributed by atoms with Crippen LogP contribution in [-0.2, 0) is 22.4 Å². The van der Waals surface area contributed by atoms with Gasteiger partial charge in [0.2, 0.25) is 6.41 Å². The highest BCUT2D eigenvalue weighted by molar-refractivity contribution is 7.98. The molecule has 0 aromatic carbocycles. The van der Waals surface area contributed by atoms with Crippen molar-refractivity contribution in [3.63, 3.8) is 0 Å². The van der Waals surface area contributed by atoms with Crippen LogP contribution in [0.3, 0.4) is 0 Å². The Morgan fingerprint density at radius 3 is 3.00 bits per heavy atom. The molecule has 0 aliphatic heterocycles. The van der Waals surface area contributed by atoms with Gasteiger partial charge in [-0.1, -0.05) is 11.6 Å². The molecule has 0 aliphatic rings. The maximum Gasteiger partial charge on any atom is 0.327 e. The summed E-state index contributed by atoms with van der Waals surface area (Å²) in [6.07, 6.45) is 1.92. The maximum atomic E-state index is 10.7. The minimum absolute atomic E-state index is 0.276. The second-order valence-corrected chi connectivity index (χ2v) is 4.66. The number of carboxylic acids is 1. The Bertz CT molecular complexity index is 410. The normalized spacial score (nSPS) is 12.1. The molecule has 1 aromatic heterocycles. The molecule has 0 spiro atoms. The molecule has 1 rings (SSSR count). The highest BCUT2D eigenvalue weighted by Crippen LogP contribution is 2.15. The molecule has 8 heteroatoms. The van der Waals surface area contributed by atoms with E-state index in [1.54, 1.807) is 11.6 Å². The molecule has 0 bridgehead atoms. The van der Waals surface area contributed by atoms with Gasteiger partial charge in [0.05, 0.1) is 11.9 Å². The number of nitrogens with one attached hydrogen (secondary N) is 1. The van der Waals surface area contributed by atoms with E-state index in [1.165, 1.54) is 18.0 Å². The highest BCUT2D eigenvalue weighted by atomic mass is 35.5. The lowest BCUT2D eigenvalue weighted by molar-refractivity contribution is -0.139. The van der Waals surface area contributed by atoms with E-state index in [2.05, 4.69) is 10.3 Å². The third kappa shape index (κ3) is 3.94. The number of aliphatic carboxylic acids is 1. The summed E-state index contributed by atoms with van der Waals surface area (Å²) in [5.74, 6) is 0.518. The molecule has 1 amide bonds. The van der Waals surface area contributed by atoms with Crippen LogP contribution in [0, 0.1) is 0 Å². The number of imidazole rings is 1. The van der Waals surface area contributed by atoms with Crippen molar-refractivity contribution in [2.45, 2.75) is 11.8 Å². The third-order valence-electron chi connectivity index (χ3n) is 2.11. The summed E-state index contributed by atoms with van der Waals surface area (Å²) >= 11 is 7.18. The molecule has 0 radical (unpaired) electrons. The van der Waals surface area contributed by atoms with Crippen LogP contribution in [0.25, 0.3) is 0 Å². The van der Waals surface area contributed by atoms with Crippen LogP contribution in [-0.4, -0.2) is 38.8 Å². The number of thioether (sulfide) groups is 1. The molecule has 6 nitrogen and oxygen atoms in total. The van der Waals surface area contributed by atoms with Crippen molar-refractivity contribution in [3.8, 4) is 0 Å². The van der Waals surface area contributed by atoms with Gasteiger partial charge in [0.15, 0.2) is 0 Å². The second kappa shape index (κ2) is 6.51. The summed E-state index contributed by atoms with van der Waals surface area (Å²) in [7, 11) is 1.78. The number of halogens is 1. The van der Waals surface area contributed by atoms with Crippen LogP contribution < -0.4 is 5.32 Å². The number of hydrogen-bond acceptors (Lipinski definition) is 4. The number of hydrogen-bond donors (Lipinski definition) is 2. The lowest BCUT2D eigenvalue weighted by atomic mass is 10.3. The summed E-state index contributed by atoms with van der Waals surface area (Å²) in [4.78, 5) is 25.0. The van der Waals surface area contributed by atoms with Crippen LogP contribution in [0.1, 0.15) is 5.82 Å². The zero-order chi connectivity index (χ0) is 12.8. The molecule has 2 N–H and O–H groups in total. The van der Waals surface area contributed by atoms with Crippen molar-refractivity contribution in [3.05, 3.63) is 17.2 Å². The van der Waals surface area contributed by atoms with Gasteiger partial charge in [-0.15, -0.1) is 0 Å². The summed E-state index contributed by atoms with van der Waals surface area (Å²) in [5.41, 5.74) is 0. The van der Waals surface area contributed by atoms with E-state index in [0.717, 1.165) is 5.82 Å². The first kappa shape index (κ1) is 13.9. The Labute approximate surface area is 107 Å². The predicted molar refractivity (Wildman–Crippen MR) is 65.0 cm³/mol. The van der Waals surface area contributed by atoms with Gasteiger partial charge in [0.1, 0.15) is 17.0 Å². The van der Waals surface area contributed by atoms with Crippen molar-refractivity contribution in [2.24, 2.45) is 7.05 Å². The van der Waals surface area contributed by atoms with E-state index in [9.17, 15) is 9.59 Å². The monoisotopic (exact) mass is 277 g/mol. The van der Waals surface area contributed by atoms with E-state index in [4.69, 9.17) is 16.7 Å². The molecule has 1 heterocycles. The number of rotatable bonds is 7. The molecule has 1 unspecified atom stereocenters. The average Bonchev–Trinajstić information content (AvgIpc) is 2.59. The Morgan fingerprint density at radius 2 is 2.53 bits per heavy atom. The van der Waals surface area contributed by atoms with E-state index in [-0.39, 0.29) is 5.75 Å². The number of carbonyl (C=O) groups excluding carboxylic acids is 1. The first-order chi connectivity index (χ1) is 8.06. The Morgan fingerprint density at radius 1 is 1.82 bits per heavy atom. The molecule has 17 heavy (non-hydrogen) atoms. The molecular weight excluding hydrogens is 266 g/mol. The summed E-state index contributed by atoms with van der Waals surface area (Å²) in [5, 5.41) is 11.5. The first-order valence-electron chi connectivity index (χ1n) is 4.72. The fourth-order valence-corrected chi connectivity index (χ4v) is 2.29. The number of aromatic nitrogens is 2. The van der Waals surface area contributed by atoms with Crippen LogP contribution in [0.15, 0.2) is 6.20 Å². The topological polar surface area (TPSA) is 84.2 Å². The van der Waals surface area contributed by atoms with Crippen molar-refractivity contribution < 1.29 is 14.7 Å². The standard InChI is InChI=1S/C9H12ClN3O3S/c1-13-7(10)2-11-8(13)4-17-3-6(9(15)16)12-5-14/h2,5-6H,3-4H2,1H3,(H,12,14)(H,15,16). The molecule has 94 valence electrons. The SMILES string of the molecule is Cn1c(Cl)cnc1CSCC(NC=O)C(=O)O. The fraction of sp³-hybridized carbons (Fsp3) is 0.444. The van der Waals surface area contributed by atoms with E-state index >= 15 is 0 Å². The minimum atomic E-state index is -1.05. The van der Waals surface area contributed by atoms with Crippen LogP contribution in [0.2, 0.25) is 5.15 Å². The zero-order valence-corrected chi connectivity index (χ0v) is 10.7. The predicted octanol–water partition coefficient (Wildman–Crippen LogP) is 0.506. The lowest BCUT2D eigenvalue weighted by Gasteiger charge is -2.10. The summed E-state index contributed by atoms with van der Waals surface area (Å²) < 4.78 is 1.72. The Kier molecular flexibility index (Phi) is 5.30. The highest BCUT2D eigenvalue weighted by Gasteiger charge is 2.16. The Balaban J connectivity index is 2.43. The van der Waals surface area contributed by atoms with E-state index in [1.807, 2.05) is 0 Å². The van der Waals surface area contributed by atoms with Gasteiger partial charge >= 0.3 is 5.97 Å². The largest absolute Gasteiger partial charge is 0.480 e. The van der Waals surface area contributed by atoms with Crippen LogP contribution >= 0.6 is 23.4 Å². The average molecular weight is 278 g/mol. The number of amides is 1. The molecule has 0 aliphatic carbocycles. The molecule has 1 aromatic rings. The lowest BCUT2D eigenvalue weighted by Crippen LogP contribution is -2.37. The van der Waals surface area contributed by atoms with Crippen LogP contribution in [0.4, 0.5) is 0 Å². The smallest absolute Gasteiger partial charge is 0.327 e. The van der Waals surface area contributed by atoms with Gasteiger partial charge in [-0.25, -0.2) is 9.78 Å².